The first-order valence-corrected chi connectivity index (χ1v) is 15.2. The lowest BCUT2D eigenvalue weighted by atomic mass is 10.0. The lowest BCUT2D eigenvalue weighted by Crippen LogP contribution is -2.42. The lowest BCUT2D eigenvalue weighted by molar-refractivity contribution is -0.123. The molecule has 4 rings (SSSR count). The zero-order valence-electron chi connectivity index (χ0n) is 24.4. The molecule has 0 saturated carbocycles. The van der Waals surface area contributed by atoms with Crippen molar-refractivity contribution in [2.75, 3.05) is 11.6 Å². The predicted octanol–water partition coefficient (Wildman–Crippen LogP) is 5.23. The second-order valence-corrected chi connectivity index (χ2v) is 11.3. The minimum Gasteiger partial charge on any atom is -0.348 e. The van der Waals surface area contributed by atoms with Gasteiger partial charge in [-0.2, -0.15) is 12.8 Å². The Bertz CT molecular complexity index is 1450. The van der Waals surface area contributed by atoms with Gasteiger partial charge >= 0.3 is 10.5 Å². The van der Waals surface area contributed by atoms with Crippen molar-refractivity contribution in [3.8, 4) is 0 Å². The number of nitrogens with zero attached hydrogens (tertiary/aromatic N) is 2. The van der Waals surface area contributed by atoms with E-state index >= 15 is 0 Å². The minimum atomic E-state index is -2.69. The Morgan fingerprint density at radius 2 is 1.60 bits per heavy atom. The minimum absolute atomic E-state index is 0.0884. The number of anilines is 1. The first kappa shape index (κ1) is 32.3. The standard InChI is InChI=1S/C26H32N4O4S.C7H8/c1-19(2)18-23(29-35(33)34)26(32)27-22(13-12-20-8-4-3-5-9-20)14-15-25(31)28-30-17-16-21-10-6-7-11-24(21)30;1-7-5-3-2-4-6-7/h3-11,14-15,19,22-23H,12-13,16-18H2,1-2H3,(H,27,32)(H,28,31);2-6H,1H3. The number of hydrazine groups is 1. The molecule has 1 aliphatic heterocycles. The van der Waals surface area contributed by atoms with Crippen molar-refractivity contribution in [3.63, 3.8) is 0 Å². The van der Waals surface area contributed by atoms with E-state index in [1.165, 1.54) is 17.2 Å². The zero-order valence-corrected chi connectivity index (χ0v) is 25.3. The van der Waals surface area contributed by atoms with Crippen LogP contribution < -0.4 is 15.8 Å². The number of aryl methyl sites for hydroxylation is 2. The van der Waals surface area contributed by atoms with Gasteiger partial charge < -0.3 is 5.32 Å². The monoisotopic (exact) mass is 588 g/mol. The topological polar surface area (TPSA) is 108 Å². The second kappa shape index (κ2) is 16.9. The maximum atomic E-state index is 12.9. The van der Waals surface area contributed by atoms with Crippen LogP contribution in [0.2, 0.25) is 0 Å². The van der Waals surface area contributed by atoms with Crippen molar-refractivity contribution in [2.24, 2.45) is 10.3 Å². The molecule has 0 bridgehead atoms. The molecule has 3 aromatic carbocycles. The molecule has 0 saturated heterocycles. The fourth-order valence-corrected chi connectivity index (χ4v) is 4.96. The number of benzene rings is 3. The van der Waals surface area contributed by atoms with Crippen LogP contribution in [0, 0.1) is 12.8 Å². The molecular weight excluding hydrogens is 548 g/mol. The van der Waals surface area contributed by atoms with Gasteiger partial charge in [-0.1, -0.05) is 104 Å². The summed E-state index contributed by atoms with van der Waals surface area (Å²) in [6.45, 7) is 6.58. The molecule has 8 nitrogen and oxygen atoms in total. The van der Waals surface area contributed by atoms with Gasteiger partial charge in [0.2, 0.25) is 5.91 Å². The second-order valence-electron chi connectivity index (χ2n) is 10.6. The summed E-state index contributed by atoms with van der Waals surface area (Å²) in [6.07, 6.45) is 5.45. The molecule has 0 spiro atoms. The first-order chi connectivity index (χ1) is 20.2. The molecule has 1 heterocycles. The average molecular weight is 589 g/mol. The number of hydrogen-bond donors (Lipinski definition) is 2. The summed E-state index contributed by atoms with van der Waals surface area (Å²) in [5.41, 5.74) is 7.47. The third-order valence-corrected chi connectivity index (χ3v) is 7.10. The van der Waals surface area contributed by atoms with E-state index < -0.39 is 28.5 Å². The molecule has 1 aliphatic rings. The van der Waals surface area contributed by atoms with Crippen molar-refractivity contribution in [1.82, 2.24) is 10.7 Å². The van der Waals surface area contributed by atoms with Crippen LogP contribution >= 0.6 is 0 Å². The fraction of sp³-hybridized carbons (Fsp3) is 0.333. The van der Waals surface area contributed by atoms with E-state index in [2.05, 4.69) is 34.2 Å². The van der Waals surface area contributed by atoms with E-state index in [9.17, 15) is 18.0 Å². The fourth-order valence-electron chi connectivity index (χ4n) is 4.57. The smallest absolute Gasteiger partial charge is 0.311 e. The molecule has 0 aromatic heterocycles. The molecule has 2 atom stereocenters. The molecule has 0 fully saturated rings. The molecule has 42 heavy (non-hydrogen) atoms. The largest absolute Gasteiger partial charge is 0.348 e. The van der Waals surface area contributed by atoms with E-state index in [-0.39, 0.29) is 11.8 Å². The molecule has 3 aromatic rings. The van der Waals surface area contributed by atoms with Crippen molar-refractivity contribution in [1.29, 1.82) is 0 Å². The summed E-state index contributed by atoms with van der Waals surface area (Å²) in [6, 6.07) is 26.5. The van der Waals surface area contributed by atoms with Crippen LogP contribution in [0.15, 0.2) is 101 Å². The molecule has 2 amide bonds. The summed E-state index contributed by atoms with van der Waals surface area (Å²) in [7, 11) is -2.69. The summed E-state index contributed by atoms with van der Waals surface area (Å²) in [5.74, 6) is -0.685. The zero-order chi connectivity index (χ0) is 30.3. The number of para-hydroxylation sites is 1. The van der Waals surface area contributed by atoms with E-state index in [0.29, 0.717) is 25.8 Å². The van der Waals surface area contributed by atoms with Gasteiger partial charge in [-0.05, 0) is 55.7 Å². The summed E-state index contributed by atoms with van der Waals surface area (Å²) >= 11 is 0. The Labute approximate surface area is 250 Å². The number of fused-ring (bicyclic) bond motifs is 1. The van der Waals surface area contributed by atoms with Gasteiger partial charge in [0.25, 0.3) is 5.91 Å². The molecule has 0 radical (unpaired) electrons. The molecule has 222 valence electrons. The normalized spacial score (nSPS) is 13.5. The lowest BCUT2D eigenvalue weighted by Gasteiger charge is -2.20. The number of hydrogen-bond acceptors (Lipinski definition) is 6. The number of carbonyl (C=O) groups is 2. The molecule has 2 unspecified atom stereocenters. The maximum absolute atomic E-state index is 12.9. The van der Waals surface area contributed by atoms with Gasteiger partial charge in [0.05, 0.1) is 5.69 Å². The Morgan fingerprint density at radius 3 is 2.21 bits per heavy atom. The van der Waals surface area contributed by atoms with Crippen LogP contribution in [0.5, 0.6) is 0 Å². The predicted molar refractivity (Wildman–Crippen MR) is 167 cm³/mol. The van der Waals surface area contributed by atoms with E-state index in [1.807, 2.05) is 91.7 Å². The van der Waals surface area contributed by atoms with Crippen molar-refractivity contribution in [3.05, 3.63) is 114 Å². The third kappa shape index (κ3) is 11.3. The number of carbonyl (C=O) groups excluding carboxylic acids is 2. The quantitative estimate of drug-likeness (QED) is 0.299. The van der Waals surface area contributed by atoms with Gasteiger partial charge in [0, 0.05) is 18.7 Å². The Morgan fingerprint density at radius 1 is 0.952 bits per heavy atom. The van der Waals surface area contributed by atoms with Crippen LogP contribution in [0.25, 0.3) is 0 Å². The van der Waals surface area contributed by atoms with Crippen LogP contribution in [0.1, 0.15) is 43.4 Å². The van der Waals surface area contributed by atoms with Crippen LogP contribution in [-0.2, 0) is 32.9 Å². The van der Waals surface area contributed by atoms with Gasteiger partial charge in [-0.3, -0.25) is 20.0 Å². The number of nitrogens with one attached hydrogen (secondary N) is 2. The number of rotatable bonds is 11. The highest BCUT2D eigenvalue weighted by Gasteiger charge is 2.23. The summed E-state index contributed by atoms with van der Waals surface area (Å²) in [4.78, 5) is 25.5. The highest BCUT2D eigenvalue weighted by Crippen LogP contribution is 2.25. The molecular formula is C33H40N4O4S. The van der Waals surface area contributed by atoms with Gasteiger partial charge in [-0.25, -0.2) is 0 Å². The van der Waals surface area contributed by atoms with Gasteiger partial charge in [-0.15, -0.1) is 0 Å². The number of amides is 2. The van der Waals surface area contributed by atoms with Crippen molar-refractivity contribution >= 4 is 28.0 Å². The van der Waals surface area contributed by atoms with Crippen LogP contribution in [-0.4, -0.2) is 38.9 Å². The summed E-state index contributed by atoms with van der Waals surface area (Å²) in [5, 5.41) is 4.70. The van der Waals surface area contributed by atoms with E-state index in [1.54, 1.807) is 6.08 Å². The Balaban J connectivity index is 0.000000603. The van der Waals surface area contributed by atoms with Gasteiger partial charge in [0.1, 0.15) is 6.04 Å². The Kier molecular flexibility index (Phi) is 13.0. The SMILES string of the molecule is CC(C)CC(N=S(=O)=O)C(=O)NC(C=CC(=O)NN1CCc2ccccc21)CCc1ccccc1.Cc1ccccc1. The third-order valence-electron chi connectivity index (χ3n) is 6.68. The van der Waals surface area contributed by atoms with Crippen molar-refractivity contribution < 1.29 is 18.0 Å². The average Bonchev–Trinajstić information content (AvgIpc) is 3.37. The molecule has 2 N–H and O–H groups in total. The van der Waals surface area contributed by atoms with E-state index in [4.69, 9.17) is 0 Å². The highest BCUT2D eigenvalue weighted by molar-refractivity contribution is 7.61. The van der Waals surface area contributed by atoms with Crippen molar-refractivity contribution in [2.45, 2.75) is 58.5 Å². The van der Waals surface area contributed by atoms with Gasteiger partial charge in [0.15, 0.2) is 0 Å². The first-order valence-electron chi connectivity index (χ1n) is 14.2. The maximum Gasteiger partial charge on any atom is 0.311 e. The summed E-state index contributed by atoms with van der Waals surface area (Å²) < 4.78 is 25.9. The Hall–Kier alpha value is -4.24. The molecule has 9 heteroatoms. The van der Waals surface area contributed by atoms with E-state index in [0.717, 1.165) is 17.7 Å². The highest BCUT2D eigenvalue weighted by atomic mass is 32.2. The molecule has 0 aliphatic carbocycles. The van der Waals surface area contributed by atoms with Crippen LogP contribution in [0.4, 0.5) is 5.69 Å². The van der Waals surface area contributed by atoms with Crippen LogP contribution in [0.3, 0.4) is 0 Å².